The first kappa shape index (κ1) is 12.8. The number of rotatable bonds is 2. The SMILES string of the molecule is CC1C=CC2=C(C1)C(C(C=O)=CO)=NC(C)(C)C2. The summed E-state index contributed by atoms with van der Waals surface area (Å²) in [6, 6.07) is 0. The number of hydrogen-bond acceptors (Lipinski definition) is 3. The summed E-state index contributed by atoms with van der Waals surface area (Å²) in [6.45, 7) is 6.23. The van der Waals surface area contributed by atoms with E-state index in [0.29, 0.717) is 17.9 Å². The Labute approximate surface area is 108 Å². The number of aliphatic hydroxyl groups is 1. The number of dihydropyridines is 1. The van der Waals surface area contributed by atoms with Crippen LogP contribution in [0.1, 0.15) is 33.6 Å². The number of aldehydes is 1. The van der Waals surface area contributed by atoms with Gasteiger partial charge < -0.3 is 5.11 Å². The summed E-state index contributed by atoms with van der Waals surface area (Å²) >= 11 is 0. The number of aliphatic imine (C=N–C) groups is 1. The van der Waals surface area contributed by atoms with Crippen molar-refractivity contribution in [2.45, 2.75) is 39.2 Å². The van der Waals surface area contributed by atoms with Crippen molar-refractivity contribution in [1.82, 2.24) is 0 Å². The Hall–Kier alpha value is -1.64. The maximum atomic E-state index is 11.1. The minimum absolute atomic E-state index is 0.226. The van der Waals surface area contributed by atoms with Crippen LogP contribution in [0.3, 0.4) is 0 Å². The average molecular weight is 245 g/mol. The molecule has 2 rings (SSSR count). The highest BCUT2D eigenvalue weighted by Gasteiger charge is 2.31. The quantitative estimate of drug-likeness (QED) is 0.461. The van der Waals surface area contributed by atoms with Crippen molar-refractivity contribution in [3.63, 3.8) is 0 Å². The first-order valence-corrected chi connectivity index (χ1v) is 6.27. The van der Waals surface area contributed by atoms with Gasteiger partial charge in [0.1, 0.15) is 0 Å². The summed E-state index contributed by atoms with van der Waals surface area (Å²) in [5.41, 5.74) is 3.06. The van der Waals surface area contributed by atoms with Gasteiger partial charge in [-0.25, -0.2) is 0 Å². The van der Waals surface area contributed by atoms with Gasteiger partial charge >= 0.3 is 0 Å². The molecule has 1 heterocycles. The molecule has 3 nitrogen and oxygen atoms in total. The lowest BCUT2D eigenvalue weighted by molar-refractivity contribution is -0.104. The lowest BCUT2D eigenvalue weighted by Crippen LogP contribution is -2.29. The van der Waals surface area contributed by atoms with Crippen LogP contribution in [-0.2, 0) is 4.79 Å². The molecule has 1 unspecified atom stereocenters. The van der Waals surface area contributed by atoms with E-state index in [1.54, 1.807) is 0 Å². The van der Waals surface area contributed by atoms with E-state index in [1.807, 2.05) is 13.8 Å². The summed E-state index contributed by atoms with van der Waals surface area (Å²) in [5.74, 6) is 0.446. The van der Waals surface area contributed by atoms with Crippen LogP contribution in [-0.4, -0.2) is 22.6 Å². The molecule has 1 atom stereocenters. The molecular weight excluding hydrogens is 226 g/mol. The molecule has 0 amide bonds. The molecule has 1 aliphatic carbocycles. The van der Waals surface area contributed by atoms with Crippen LogP contribution in [0.2, 0.25) is 0 Å². The summed E-state index contributed by atoms with van der Waals surface area (Å²) in [5, 5.41) is 9.19. The zero-order valence-corrected chi connectivity index (χ0v) is 11.1. The number of nitrogens with zero attached hydrogens (tertiary/aromatic N) is 1. The van der Waals surface area contributed by atoms with Crippen LogP contribution in [0.4, 0.5) is 0 Å². The molecule has 18 heavy (non-hydrogen) atoms. The van der Waals surface area contributed by atoms with Gasteiger partial charge in [0.25, 0.3) is 0 Å². The fourth-order valence-corrected chi connectivity index (χ4v) is 2.58. The van der Waals surface area contributed by atoms with Gasteiger partial charge in [0.2, 0.25) is 0 Å². The maximum absolute atomic E-state index is 11.1. The Morgan fingerprint density at radius 3 is 2.89 bits per heavy atom. The molecule has 1 N–H and O–H groups in total. The van der Waals surface area contributed by atoms with E-state index in [9.17, 15) is 9.90 Å². The molecule has 0 radical (unpaired) electrons. The van der Waals surface area contributed by atoms with Crippen molar-refractivity contribution < 1.29 is 9.90 Å². The maximum Gasteiger partial charge on any atom is 0.155 e. The van der Waals surface area contributed by atoms with Crippen LogP contribution < -0.4 is 0 Å². The van der Waals surface area contributed by atoms with E-state index in [4.69, 9.17) is 0 Å². The standard InChI is InChI=1S/C15H19NO2/c1-10-4-5-11-7-15(2,3)16-14(13(11)6-10)12(8-17)9-18/h4-5,8-10,17H,6-7H2,1-3H3. The van der Waals surface area contributed by atoms with E-state index in [1.165, 1.54) is 5.57 Å². The van der Waals surface area contributed by atoms with Gasteiger partial charge in [-0.2, -0.15) is 0 Å². The third kappa shape index (κ3) is 2.30. The lowest BCUT2D eigenvalue weighted by atomic mass is 9.78. The molecule has 0 bridgehead atoms. The van der Waals surface area contributed by atoms with Gasteiger partial charge in [-0.05, 0) is 43.8 Å². The largest absolute Gasteiger partial charge is 0.515 e. The van der Waals surface area contributed by atoms with Gasteiger partial charge in [0.15, 0.2) is 6.29 Å². The molecule has 0 spiro atoms. The van der Waals surface area contributed by atoms with Crippen LogP contribution >= 0.6 is 0 Å². The zero-order valence-electron chi connectivity index (χ0n) is 11.1. The molecule has 96 valence electrons. The van der Waals surface area contributed by atoms with Gasteiger partial charge in [-0.1, -0.05) is 19.1 Å². The third-order valence-electron chi connectivity index (χ3n) is 3.40. The second-order valence-corrected chi connectivity index (χ2v) is 5.70. The van der Waals surface area contributed by atoms with Crippen LogP contribution in [0.25, 0.3) is 0 Å². The molecule has 0 aromatic rings. The Morgan fingerprint density at radius 2 is 2.28 bits per heavy atom. The highest BCUT2D eigenvalue weighted by Crippen LogP contribution is 2.37. The Balaban J connectivity index is 2.52. The Morgan fingerprint density at radius 1 is 1.56 bits per heavy atom. The normalized spacial score (nSPS) is 26.7. The van der Waals surface area contributed by atoms with Crippen molar-refractivity contribution in [3.8, 4) is 0 Å². The second-order valence-electron chi connectivity index (χ2n) is 5.70. The summed E-state index contributed by atoms with van der Waals surface area (Å²) < 4.78 is 0. The van der Waals surface area contributed by atoms with Crippen LogP contribution in [0.5, 0.6) is 0 Å². The molecule has 2 aliphatic rings. The van der Waals surface area contributed by atoms with Crippen LogP contribution in [0.15, 0.2) is 40.1 Å². The number of allylic oxidation sites excluding steroid dienone is 4. The van der Waals surface area contributed by atoms with Crippen molar-refractivity contribution in [3.05, 3.63) is 35.1 Å². The lowest BCUT2D eigenvalue weighted by Gasteiger charge is -2.33. The topological polar surface area (TPSA) is 49.7 Å². The number of hydrogen-bond donors (Lipinski definition) is 1. The minimum Gasteiger partial charge on any atom is -0.515 e. The van der Waals surface area contributed by atoms with E-state index in [0.717, 1.165) is 24.7 Å². The van der Waals surface area contributed by atoms with Crippen molar-refractivity contribution in [2.24, 2.45) is 10.9 Å². The molecule has 0 saturated carbocycles. The Bertz CT molecular complexity index is 493. The van der Waals surface area contributed by atoms with Gasteiger partial charge in [-0.15, -0.1) is 0 Å². The van der Waals surface area contributed by atoms with E-state index >= 15 is 0 Å². The fraction of sp³-hybridized carbons (Fsp3) is 0.467. The molecule has 0 fully saturated rings. The fourth-order valence-electron chi connectivity index (χ4n) is 2.58. The second kappa shape index (κ2) is 4.56. The molecule has 0 saturated heterocycles. The van der Waals surface area contributed by atoms with E-state index < -0.39 is 0 Å². The Kier molecular flexibility index (Phi) is 3.24. The minimum atomic E-state index is -0.226. The summed E-state index contributed by atoms with van der Waals surface area (Å²) in [4.78, 5) is 15.7. The predicted octanol–water partition coefficient (Wildman–Crippen LogP) is 3.14. The van der Waals surface area contributed by atoms with Crippen LogP contribution in [0, 0.1) is 5.92 Å². The first-order valence-electron chi connectivity index (χ1n) is 6.27. The number of carbonyl (C=O) groups excluding carboxylic acids is 1. The number of aliphatic hydroxyl groups excluding tert-OH is 1. The highest BCUT2D eigenvalue weighted by atomic mass is 16.2. The molecule has 0 aromatic heterocycles. The van der Waals surface area contributed by atoms with E-state index in [-0.39, 0.29) is 11.1 Å². The highest BCUT2D eigenvalue weighted by molar-refractivity contribution is 6.23. The van der Waals surface area contributed by atoms with Crippen molar-refractivity contribution in [2.75, 3.05) is 0 Å². The third-order valence-corrected chi connectivity index (χ3v) is 3.40. The average Bonchev–Trinajstić information content (AvgIpc) is 2.30. The van der Waals surface area contributed by atoms with Gasteiger partial charge in [0.05, 0.1) is 23.1 Å². The molecule has 0 aromatic carbocycles. The van der Waals surface area contributed by atoms with E-state index in [2.05, 4.69) is 24.1 Å². The zero-order chi connectivity index (χ0) is 13.3. The van der Waals surface area contributed by atoms with Crippen molar-refractivity contribution >= 4 is 12.0 Å². The summed E-state index contributed by atoms with van der Waals surface area (Å²) in [6.07, 6.45) is 7.63. The predicted molar refractivity (Wildman–Crippen MR) is 72.9 cm³/mol. The molecule has 3 heteroatoms. The van der Waals surface area contributed by atoms with Crippen molar-refractivity contribution in [1.29, 1.82) is 0 Å². The number of carbonyl (C=O) groups is 1. The summed E-state index contributed by atoms with van der Waals surface area (Å²) in [7, 11) is 0. The van der Waals surface area contributed by atoms with Gasteiger partial charge in [0, 0.05) is 0 Å². The molecular formula is C15H19NO2. The van der Waals surface area contributed by atoms with Gasteiger partial charge in [-0.3, -0.25) is 9.79 Å². The molecule has 1 aliphatic heterocycles. The smallest absolute Gasteiger partial charge is 0.155 e. The monoisotopic (exact) mass is 245 g/mol. The first-order chi connectivity index (χ1) is 8.46.